The summed E-state index contributed by atoms with van der Waals surface area (Å²) in [5.74, 6) is 0. The number of hydrogen-bond acceptors (Lipinski definition) is 3. The third kappa shape index (κ3) is 5.59. The fourth-order valence-electron chi connectivity index (χ4n) is 2.37. The quantitative estimate of drug-likeness (QED) is 0.656. The van der Waals surface area contributed by atoms with Crippen LogP contribution in [0, 0.1) is 0 Å². The molecule has 0 radical (unpaired) electrons. The molecule has 2 aromatic carbocycles. The summed E-state index contributed by atoms with van der Waals surface area (Å²) < 4.78 is 0. The Balaban J connectivity index is 1.44. The number of rotatable bonds is 6. The average Bonchev–Trinajstić information content (AvgIpc) is 3.03. The van der Waals surface area contributed by atoms with Crippen LogP contribution in [0.5, 0.6) is 0 Å². The van der Waals surface area contributed by atoms with E-state index in [1.165, 1.54) is 10.4 Å². The molecule has 1 heterocycles. The van der Waals surface area contributed by atoms with Gasteiger partial charge in [-0.1, -0.05) is 48.0 Å². The third-order valence-electron chi connectivity index (χ3n) is 3.53. The first-order valence-corrected chi connectivity index (χ1v) is 9.16. The number of carbonyl (C=O) groups is 1. The van der Waals surface area contributed by atoms with Crippen LogP contribution in [0.15, 0.2) is 60.8 Å². The lowest BCUT2D eigenvalue weighted by molar-refractivity contribution is 0.252. The van der Waals surface area contributed by atoms with E-state index < -0.39 is 0 Å². The summed E-state index contributed by atoms with van der Waals surface area (Å²) in [6.45, 7) is 0.532. The number of halogens is 1. The zero-order valence-corrected chi connectivity index (χ0v) is 15.1. The van der Waals surface area contributed by atoms with E-state index in [1.807, 2.05) is 24.4 Å². The Kier molecular flexibility index (Phi) is 6.04. The summed E-state index contributed by atoms with van der Waals surface area (Å²) in [6, 6.07) is 17.1. The molecule has 0 atom stereocenters. The Morgan fingerprint density at radius 1 is 1.12 bits per heavy atom. The van der Waals surface area contributed by atoms with Crippen LogP contribution < -0.4 is 10.6 Å². The van der Waals surface area contributed by atoms with Crippen molar-refractivity contribution in [3.05, 3.63) is 81.3 Å². The molecule has 0 spiro atoms. The molecular formula is C19H18ClN3OS. The summed E-state index contributed by atoms with van der Waals surface area (Å²) in [7, 11) is 0. The van der Waals surface area contributed by atoms with E-state index >= 15 is 0 Å². The largest absolute Gasteiger partial charge is 0.337 e. The van der Waals surface area contributed by atoms with Crippen molar-refractivity contribution in [2.45, 2.75) is 12.8 Å². The molecule has 0 unspecified atom stereocenters. The molecule has 0 saturated heterocycles. The maximum absolute atomic E-state index is 11.9. The van der Waals surface area contributed by atoms with Gasteiger partial charge in [0, 0.05) is 41.2 Å². The van der Waals surface area contributed by atoms with Gasteiger partial charge < -0.3 is 10.6 Å². The molecule has 0 aliphatic rings. The van der Waals surface area contributed by atoms with Crippen molar-refractivity contribution in [3.63, 3.8) is 0 Å². The zero-order valence-electron chi connectivity index (χ0n) is 13.5. The van der Waals surface area contributed by atoms with Gasteiger partial charge in [-0.3, -0.25) is 0 Å². The number of nitrogens with one attached hydrogen (secondary N) is 2. The molecular weight excluding hydrogens is 354 g/mol. The molecule has 0 aliphatic carbocycles. The van der Waals surface area contributed by atoms with Crippen LogP contribution in [0.1, 0.15) is 15.4 Å². The number of carbonyl (C=O) groups excluding carboxylic acids is 1. The molecule has 3 aromatic rings. The number of nitrogens with zero attached hydrogens (tertiary/aromatic N) is 1. The first-order chi connectivity index (χ1) is 12.2. The van der Waals surface area contributed by atoms with Gasteiger partial charge in [0.15, 0.2) is 0 Å². The molecule has 3 rings (SSSR count). The highest BCUT2D eigenvalue weighted by Gasteiger charge is 2.05. The predicted octanol–water partition coefficient (Wildman–Crippen LogP) is 4.75. The minimum atomic E-state index is -0.247. The summed E-state index contributed by atoms with van der Waals surface area (Å²) in [5, 5.41) is 7.20. The standard InChI is InChI=1S/C19H18ClN3OS/c20-15-7-4-8-16(12-15)23-19(24)21-10-9-18-22-13-17(25-18)11-14-5-2-1-3-6-14/h1-8,12-13H,9-11H2,(H2,21,23,24). The number of urea groups is 1. The summed E-state index contributed by atoms with van der Waals surface area (Å²) in [4.78, 5) is 17.5. The first kappa shape index (κ1) is 17.5. The minimum Gasteiger partial charge on any atom is -0.337 e. The monoisotopic (exact) mass is 371 g/mol. The number of benzene rings is 2. The van der Waals surface area contributed by atoms with Gasteiger partial charge in [-0.15, -0.1) is 11.3 Å². The average molecular weight is 372 g/mol. The normalized spacial score (nSPS) is 10.4. The second-order valence-corrected chi connectivity index (χ2v) is 7.16. The van der Waals surface area contributed by atoms with Crippen molar-refractivity contribution in [3.8, 4) is 0 Å². The minimum absolute atomic E-state index is 0.247. The molecule has 0 aliphatic heterocycles. The molecule has 0 bridgehead atoms. The molecule has 2 N–H and O–H groups in total. The second-order valence-electron chi connectivity index (χ2n) is 5.52. The Labute approximate surface area is 155 Å². The molecule has 25 heavy (non-hydrogen) atoms. The lowest BCUT2D eigenvalue weighted by Crippen LogP contribution is -2.30. The highest BCUT2D eigenvalue weighted by molar-refractivity contribution is 7.11. The number of aromatic nitrogens is 1. The van der Waals surface area contributed by atoms with Crippen molar-refractivity contribution in [1.82, 2.24) is 10.3 Å². The van der Waals surface area contributed by atoms with E-state index in [2.05, 4.69) is 27.8 Å². The van der Waals surface area contributed by atoms with Crippen LogP contribution in [0.3, 0.4) is 0 Å². The molecule has 128 valence electrons. The lowest BCUT2D eigenvalue weighted by Gasteiger charge is -2.07. The van der Waals surface area contributed by atoms with E-state index in [0.29, 0.717) is 23.7 Å². The Hall–Kier alpha value is -2.37. The molecule has 2 amide bonds. The van der Waals surface area contributed by atoms with E-state index in [1.54, 1.807) is 35.6 Å². The fourth-order valence-corrected chi connectivity index (χ4v) is 3.51. The van der Waals surface area contributed by atoms with Crippen LogP contribution in [-0.2, 0) is 12.8 Å². The third-order valence-corrected chi connectivity index (χ3v) is 4.82. The smallest absolute Gasteiger partial charge is 0.319 e. The van der Waals surface area contributed by atoms with Crippen LogP contribution in [-0.4, -0.2) is 17.6 Å². The number of amides is 2. The summed E-state index contributed by atoms with van der Waals surface area (Å²) >= 11 is 7.58. The van der Waals surface area contributed by atoms with Gasteiger partial charge in [0.2, 0.25) is 0 Å². The van der Waals surface area contributed by atoms with E-state index in [-0.39, 0.29) is 6.03 Å². The van der Waals surface area contributed by atoms with E-state index in [0.717, 1.165) is 11.4 Å². The van der Waals surface area contributed by atoms with Crippen LogP contribution in [0.25, 0.3) is 0 Å². The number of hydrogen-bond donors (Lipinski definition) is 2. The van der Waals surface area contributed by atoms with Crippen molar-refractivity contribution in [1.29, 1.82) is 0 Å². The highest BCUT2D eigenvalue weighted by atomic mass is 35.5. The molecule has 1 aromatic heterocycles. The van der Waals surface area contributed by atoms with Gasteiger partial charge in [-0.05, 0) is 23.8 Å². The number of anilines is 1. The van der Waals surface area contributed by atoms with E-state index in [4.69, 9.17) is 11.6 Å². The highest BCUT2D eigenvalue weighted by Crippen LogP contribution is 2.17. The first-order valence-electron chi connectivity index (χ1n) is 7.97. The van der Waals surface area contributed by atoms with Crippen molar-refractivity contribution in [2.24, 2.45) is 0 Å². The van der Waals surface area contributed by atoms with Gasteiger partial charge in [0.1, 0.15) is 0 Å². The Morgan fingerprint density at radius 2 is 1.96 bits per heavy atom. The van der Waals surface area contributed by atoms with Gasteiger partial charge in [-0.2, -0.15) is 0 Å². The number of thiazole rings is 1. The summed E-state index contributed by atoms with van der Waals surface area (Å²) in [6.07, 6.45) is 3.52. The van der Waals surface area contributed by atoms with Crippen LogP contribution in [0.4, 0.5) is 10.5 Å². The fraction of sp³-hybridized carbons (Fsp3) is 0.158. The lowest BCUT2D eigenvalue weighted by atomic mass is 10.1. The van der Waals surface area contributed by atoms with Gasteiger partial charge in [0.05, 0.1) is 5.01 Å². The molecule has 6 heteroatoms. The van der Waals surface area contributed by atoms with Crippen LogP contribution in [0.2, 0.25) is 5.02 Å². The predicted molar refractivity (Wildman–Crippen MR) is 104 cm³/mol. The second kappa shape index (κ2) is 8.65. The topological polar surface area (TPSA) is 54.0 Å². The zero-order chi connectivity index (χ0) is 17.5. The maximum atomic E-state index is 11.9. The SMILES string of the molecule is O=C(NCCc1ncc(Cc2ccccc2)s1)Nc1cccc(Cl)c1. The molecule has 0 saturated carbocycles. The van der Waals surface area contributed by atoms with E-state index in [9.17, 15) is 4.79 Å². The molecule has 0 fully saturated rings. The van der Waals surface area contributed by atoms with Crippen molar-refractivity contribution < 1.29 is 4.79 Å². The maximum Gasteiger partial charge on any atom is 0.319 e. The Bertz CT molecular complexity index is 835. The molecule has 4 nitrogen and oxygen atoms in total. The van der Waals surface area contributed by atoms with Gasteiger partial charge in [-0.25, -0.2) is 9.78 Å². The van der Waals surface area contributed by atoms with Gasteiger partial charge >= 0.3 is 6.03 Å². The van der Waals surface area contributed by atoms with Crippen molar-refractivity contribution >= 4 is 34.7 Å². The summed E-state index contributed by atoms with van der Waals surface area (Å²) in [5.41, 5.74) is 1.95. The van der Waals surface area contributed by atoms with Crippen molar-refractivity contribution in [2.75, 3.05) is 11.9 Å². The Morgan fingerprint density at radius 3 is 2.76 bits per heavy atom. The van der Waals surface area contributed by atoms with Gasteiger partial charge in [0.25, 0.3) is 0 Å². The van der Waals surface area contributed by atoms with Crippen LogP contribution >= 0.6 is 22.9 Å².